The first-order valence-electron chi connectivity index (χ1n) is 8.15. The highest BCUT2D eigenvalue weighted by molar-refractivity contribution is 5.66. The quantitative estimate of drug-likeness (QED) is 0.756. The van der Waals surface area contributed by atoms with Crippen molar-refractivity contribution in [3.8, 4) is 11.9 Å². The molecule has 3 heterocycles. The van der Waals surface area contributed by atoms with E-state index in [0.29, 0.717) is 30.5 Å². The summed E-state index contributed by atoms with van der Waals surface area (Å²) in [5, 5.41) is 16.8. The largest absolute Gasteiger partial charge is 0.378 e. The number of hydrogen-bond acceptors (Lipinski definition) is 8. The van der Waals surface area contributed by atoms with Crippen LogP contribution in [0.25, 0.3) is 5.82 Å². The Bertz CT molecular complexity index is 927. The summed E-state index contributed by atoms with van der Waals surface area (Å²) in [7, 11) is 0. The van der Waals surface area contributed by atoms with E-state index in [-0.39, 0.29) is 0 Å². The van der Waals surface area contributed by atoms with Gasteiger partial charge in [-0.05, 0) is 18.2 Å². The van der Waals surface area contributed by atoms with Crippen molar-refractivity contribution in [2.45, 2.75) is 0 Å². The van der Waals surface area contributed by atoms with Gasteiger partial charge in [0.1, 0.15) is 6.33 Å². The van der Waals surface area contributed by atoms with Crippen LogP contribution >= 0.6 is 0 Å². The third-order valence-corrected chi connectivity index (χ3v) is 3.96. The molecule has 1 fully saturated rings. The minimum atomic E-state index is 0.415. The molecular weight excluding hydrogens is 332 g/mol. The Kier molecular flexibility index (Phi) is 4.40. The third kappa shape index (κ3) is 3.45. The number of ether oxygens (including phenoxy) is 1. The molecule has 2 aromatic heterocycles. The number of anilines is 3. The molecule has 9 nitrogen and oxygen atoms in total. The highest BCUT2D eigenvalue weighted by Crippen LogP contribution is 2.25. The van der Waals surface area contributed by atoms with Gasteiger partial charge in [0.15, 0.2) is 5.82 Å². The van der Waals surface area contributed by atoms with E-state index in [1.807, 2.05) is 12.1 Å². The Morgan fingerprint density at radius 1 is 1.12 bits per heavy atom. The van der Waals surface area contributed by atoms with Crippen LogP contribution in [0.4, 0.5) is 17.3 Å². The predicted octanol–water partition coefficient (Wildman–Crippen LogP) is 1.51. The molecule has 4 rings (SSSR count). The Balaban J connectivity index is 1.58. The van der Waals surface area contributed by atoms with E-state index in [4.69, 9.17) is 4.74 Å². The minimum absolute atomic E-state index is 0.415. The third-order valence-electron chi connectivity index (χ3n) is 3.96. The molecule has 0 unspecified atom stereocenters. The normalized spacial score (nSPS) is 14.0. The van der Waals surface area contributed by atoms with Crippen molar-refractivity contribution in [1.82, 2.24) is 24.7 Å². The summed E-state index contributed by atoms with van der Waals surface area (Å²) in [6.45, 7) is 2.97. The van der Waals surface area contributed by atoms with Crippen molar-refractivity contribution in [2.75, 3.05) is 36.5 Å². The molecule has 1 aliphatic rings. The number of aromatic nitrogens is 5. The zero-order chi connectivity index (χ0) is 17.8. The van der Waals surface area contributed by atoms with E-state index in [2.05, 4.69) is 36.3 Å². The smallest absolute Gasteiger partial charge is 0.247 e. The van der Waals surface area contributed by atoms with Gasteiger partial charge in [0.05, 0.1) is 31.0 Å². The molecule has 0 amide bonds. The second kappa shape index (κ2) is 7.16. The maximum absolute atomic E-state index is 9.33. The van der Waals surface area contributed by atoms with Gasteiger partial charge in [0, 0.05) is 36.9 Å². The molecule has 3 aromatic rings. The number of rotatable bonds is 4. The summed E-state index contributed by atoms with van der Waals surface area (Å²) in [6.07, 6.45) is 6.35. The van der Waals surface area contributed by atoms with Crippen LogP contribution in [0.2, 0.25) is 0 Å². The first-order valence-corrected chi connectivity index (χ1v) is 8.15. The van der Waals surface area contributed by atoms with E-state index >= 15 is 0 Å². The molecule has 26 heavy (non-hydrogen) atoms. The molecule has 1 aromatic carbocycles. The molecule has 0 bridgehead atoms. The summed E-state index contributed by atoms with van der Waals surface area (Å²) in [4.78, 5) is 14.6. The molecule has 130 valence electrons. The number of morpholine rings is 1. The molecule has 0 spiro atoms. The Morgan fingerprint density at radius 2 is 2.00 bits per heavy atom. The second-order valence-electron chi connectivity index (χ2n) is 5.68. The molecule has 1 N–H and O–H groups in total. The Morgan fingerprint density at radius 3 is 2.77 bits per heavy atom. The van der Waals surface area contributed by atoms with Crippen LogP contribution in [0.3, 0.4) is 0 Å². The Hall–Kier alpha value is -3.51. The van der Waals surface area contributed by atoms with Crippen LogP contribution in [0.15, 0.2) is 43.1 Å². The van der Waals surface area contributed by atoms with Gasteiger partial charge in [-0.2, -0.15) is 14.9 Å². The number of benzene rings is 1. The van der Waals surface area contributed by atoms with Crippen LogP contribution in [0, 0.1) is 11.3 Å². The van der Waals surface area contributed by atoms with Crippen LogP contribution in [-0.4, -0.2) is 51.0 Å². The molecule has 0 saturated carbocycles. The average Bonchev–Trinajstić information content (AvgIpc) is 3.17. The highest BCUT2D eigenvalue weighted by Gasteiger charge is 2.13. The standard InChI is InChI=1S/C17H16N8O/c18-10-13-7-14(9-15(8-13)24-3-5-26-6-4-24)22-17-21-12-25(23-17)16-11-19-1-2-20-16/h1-2,7-9,11-12H,3-6H2,(H,22,23). The van der Waals surface area contributed by atoms with E-state index in [0.717, 1.165) is 24.5 Å². The average molecular weight is 348 g/mol. The maximum Gasteiger partial charge on any atom is 0.247 e. The molecule has 0 radical (unpaired) electrons. The Labute approximate surface area is 149 Å². The van der Waals surface area contributed by atoms with E-state index < -0.39 is 0 Å². The van der Waals surface area contributed by atoms with Crippen LogP contribution < -0.4 is 10.2 Å². The summed E-state index contributed by atoms with van der Waals surface area (Å²) in [5.74, 6) is 0.992. The van der Waals surface area contributed by atoms with Crippen molar-refractivity contribution in [3.63, 3.8) is 0 Å². The first kappa shape index (κ1) is 16.0. The lowest BCUT2D eigenvalue weighted by Crippen LogP contribution is -2.36. The fourth-order valence-electron chi connectivity index (χ4n) is 2.72. The summed E-state index contributed by atoms with van der Waals surface area (Å²) >= 11 is 0. The lowest BCUT2D eigenvalue weighted by Gasteiger charge is -2.29. The van der Waals surface area contributed by atoms with Gasteiger partial charge < -0.3 is 15.0 Å². The number of hydrogen-bond donors (Lipinski definition) is 1. The van der Waals surface area contributed by atoms with Crippen LogP contribution in [0.1, 0.15) is 5.56 Å². The zero-order valence-corrected chi connectivity index (χ0v) is 13.9. The first-order chi connectivity index (χ1) is 12.8. The van der Waals surface area contributed by atoms with E-state index in [1.165, 1.54) is 4.68 Å². The fraction of sp³-hybridized carbons (Fsp3) is 0.235. The lowest BCUT2D eigenvalue weighted by atomic mass is 10.1. The number of nitrogens with one attached hydrogen (secondary N) is 1. The van der Waals surface area contributed by atoms with Gasteiger partial charge in [-0.1, -0.05) is 0 Å². The highest BCUT2D eigenvalue weighted by atomic mass is 16.5. The van der Waals surface area contributed by atoms with Gasteiger partial charge in [-0.3, -0.25) is 4.98 Å². The SMILES string of the molecule is N#Cc1cc(Nc2ncn(-c3cnccn3)n2)cc(N2CCOCC2)c1. The maximum atomic E-state index is 9.33. The van der Waals surface area contributed by atoms with Gasteiger partial charge in [-0.25, -0.2) is 4.98 Å². The molecule has 1 saturated heterocycles. The number of nitrogens with zero attached hydrogens (tertiary/aromatic N) is 7. The van der Waals surface area contributed by atoms with Crippen LogP contribution in [-0.2, 0) is 4.74 Å². The van der Waals surface area contributed by atoms with Gasteiger partial charge >= 0.3 is 0 Å². The molecular formula is C17H16N8O. The van der Waals surface area contributed by atoms with Gasteiger partial charge in [0.2, 0.25) is 5.95 Å². The van der Waals surface area contributed by atoms with Gasteiger partial charge in [-0.15, -0.1) is 5.10 Å². The zero-order valence-electron chi connectivity index (χ0n) is 13.9. The summed E-state index contributed by atoms with van der Waals surface area (Å²) in [5.41, 5.74) is 2.30. The molecule has 9 heteroatoms. The predicted molar refractivity (Wildman–Crippen MR) is 94.4 cm³/mol. The molecule has 0 atom stereocenters. The van der Waals surface area contributed by atoms with Gasteiger partial charge in [0.25, 0.3) is 0 Å². The van der Waals surface area contributed by atoms with Crippen LogP contribution in [0.5, 0.6) is 0 Å². The molecule has 1 aliphatic heterocycles. The lowest BCUT2D eigenvalue weighted by molar-refractivity contribution is 0.122. The van der Waals surface area contributed by atoms with Crippen molar-refractivity contribution in [2.24, 2.45) is 0 Å². The molecule has 0 aliphatic carbocycles. The van der Waals surface area contributed by atoms with Crippen molar-refractivity contribution in [1.29, 1.82) is 5.26 Å². The second-order valence-corrected chi connectivity index (χ2v) is 5.68. The summed E-state index contributed by atoms with van der Waals surface area (Å²) < 4.78 is 6.93. The fourth-order valence-corrected chi connectivity index (χ4v) is 2.72. The summed E-state index contributed by atoms with van der Waals surface area (Å²) in [6, 6.07) is 7.83. The monoisotopic (exact) mass is 348 g/mol. The van der Waals surface area contributed by atoms with E-state index in [1.54, 1.807) is 31.0 Å². The van der Waals surface area contributed by atoms with E-state index in [9.17, 15) is 5.26 Å². The minimum Gasteiger partial charge on any atom is -0.378 e. The van der Waals surface area contributed by atoms with Crippen molar-refractivity contribution < 1.29 is 4.74 Å². The van der Waals surface area contributed by atoms with Crippen molar-refractivity contribution >= 4 is 17.3 Å². The van der Waals surface area contributed by atoms with Crippen molar-refractivity contribution in [3.05, 3.63) is 48.7 Å². The number of nitriles is 1. The topological polar surface area (TPSA) is 105 Å².